The molecule has 1 aromatic heterocycles. The van der Waals surface area contributed by atoms with Crippen molar-refractivity contribution in [1.29, 1.82) is 5.26 Å². The summed E-state index contributed by atoms with van der Waals surface area (Å²) < 4.78 is 39.8. The van der Waals surface area contributed by atoms with Crippen molar-refractivity contribution in [2.75, 3.05) is 17.2 Å². The number of nitriles is 1. The van der Waals surface area contributed by atoms with E-state index in [1.54, 1.807) is 24.3 Å². The molecule has 4 amide bonds. The van der Waals surface area contributed by atoms with Crippen molar-refractivity contribution in [3.05, 3.63) is 53.9 Å². The SMILES string of the molecule is N#C[C@@H]1C[C@@]2(CN1C(=O)[C@H](CC1CC1)NC(=O)C(=O)Nc1ccncc1C(F)(F)F)C(=O)Nc1ccccc12. The lowest BCUT2D eigenvalue weighted by Crippen LogP contribution is -2.53. The number of anilines is 2. The van der Waals surface area contributed by atoms with Gasteiger partial charge in [-0.3, -0.25) is 24.2 Å². The number of aromatic nitrogens is 1. The standard InChI is InChI=1S/C26H23F3N6O4/c27-26(28,29)17-12-31-8-7-19(17)32-21(36)22(37)33-20(9-14-5-6-14)23(38)35-13-25(10-15(35)11-30)16-3-1-2-4-18(16)34-24(25)39/h1-4,7-8,12,14-15,20H,5-6,9-10,13H2,(H,33,37)(H,34,39)(H,31,32,36)/t15-,20-,25-/m0/s1. The number of carbonyl (C=O) groups is 4. The number of carbonyl (C=O) groups excluding carboxylic acids is 4. The normalized spacial score (nSPS) is 22.6. The number of nitrogens with one attached hydrogen (secondary N) is 3. The zero-order chi connectivity index (χ0) is 27.9. The maximum absolute atomic E-state index is 13.7. The first-order valence-corrected chi connectivity index (χ1v) is 12.3. The number of alkyl halides is 3. The number of hydrogen-bond acceptors (Lipinski definition) is 6. The van der Waals surface area contributed by atoms with Crippen LogP contribution in [0.25, 0.3) is 0 Å². The van der Waals surface area contributed by atoms with Crippen LogP contribution in [0.5, 0.6) is 0 Å². The third-order valence-electron chi connectivity index (χ3n) is 7.37. The van der Waals surface area contributed by atoms with Gasteiger partial charge in [-0.15, -0.1) is 0 Å². The molecule has 2 fully saturated rings. The van der Waals surface area contributed by atoms with Gasteiger partial charge in [-0.1, -0.05) is 31.0 Å². The number of rotatable bonds is 5. The summed E-state index contributed by atoms with van der Waals surface area (Å²) in [6, 6.07) is 7.82. The van der Waals surface area contributed by atoms with Crippen molar-refractivity contribution in [2.45, 2.75) is 49.4 Å². The summed E-state index contributed by atoms with van der Waals surface area (Å²) in [5.74, 6) is -3.56. The fraction of sp³-hybridized carbons (Fsp3) is 0.385. The minimum Gasteiger partial charge on any atom is -0.336 e. The minimum atomic E-state index is -4.82. The minimum absolute atomic E-state index is 0.0604. The molecule has 0 bridgehead atoms. The van der Waals surface area contributed by atoms with Crippen LogP contribution in [-0.2, 0) is 30.8 Å². The highest BCUT2D eigenvalue weighted by Gasteiger charge is 2.56. The molecule has 3 aliphatic rings. The van der Waals surface area contributed by atoms with Crippen LogP contribution in [0.1, 0.15) is 36.8 Å². The van der Waals surface area contributed by atoms with Crippen molar-refractivity contribution in [3.63, 3.8) is 0 Å². The van der Waals surface area contributed by atoms with Gasteiger partial charge in [0.1, 0.15) is 12.1 Å². The molecule has 2 aromatic rings. The molecule has 1 saturated heterocycles. The maximum Gasteiger partial charge on any atom is 0.419 e. The smallest absolute Gasteiger partial charge is 0.336 e. The molecule has 3 N–H and O–H groups in total. The summed E-state index contributed by atoms with van der Waals surface area (Å²) >= 11 is 0. The van der Waals surface area contributed by atoms with E-state index in [9.17, 15) is 37.6 Å². The highest BCUT2D eigenvalue weighted by atomic mass is 19.4. The van der Waals surface area contributed by atoms with Gasteiger partial charge in [0.15, 0.2) is 0 Å². The first-order chi connectivity index (χ1) is 18.5. The second kappa shape index (κ2) is 9.68. The summed E-state index contributed by atoms with van der Waals surface area (Å²) in [7, 11) is 0. The number of nitrogens with zero attached hydrogens (tertiary/aromatic N) is 3. The molecule has 39 heavy (non-hydrogen) atoms. The highest BCUT2D eigenvalue weighted by molar-refractivity contribution is 6.40. The molecule has 10 nitrogen and oxygen atoms in total. The lowest BCUT2D eigenvalue weighted by molar-refractivity contribution is -0.140. The summed E-state index contributed by atoms with van der Waals surface area (Å²) in [5, 5.41) is 16.9. The highest BCUT2D eigenvalue weighted by Crippen LogP contribution is 2.46. The van der Waals surface area contributed by atoms with Crippen LogP contribution in [-0.4, -0.2) is 52.1 Å². The Morgan fingerprint density at radius 3 is 2.64 bits per heavy atom. The number of hydrogen-bond donors (Lipinski definition) is 3. The zero-order valence-corrected chi connectivity index (χ0v) is 20.4. The molecule has 3 atom stereocenters. The quantitative estimate of drug-likeness (QED) is 0.497. The van der Waals surface area contributed by atoms with Gasteiger partial charge in [0.2, 0.25) is 11.8 Å². The molecule has 5 rings (SSSR count). The van der Waals surface area contributed by atoms with Crippen LogP contribution in [0.2, 0.25) is 0 Å². The predicted octanol–water partition coefficient (Wildman–Crippen LogP) is 2.34. The van der Waals surface area contributed by atoms with Gasteiger partial charge in [-0.05, 0) is 30.0 Å². The fourth-order valence-corrected chi connectivity index (χ4v) is 5.23. The van der Waals surface area contributed by atoms with Gasteiger partial charge in [0, 0.05) is 31.0 Å². The van der Waals surface area contributed by atoms with Gasteiger partial charge in [-0.2, -0.15) is 18.4 Å². The van der Waals surface area contributed by atoms with Crippen molar-refractivity contribution < 1.29 is 32.3 Å². The molecule has 202 valence electrons. The van der Waals surface area contributed by atoms with Crippen molar-refractivity contribution in [2.24, 2.45) is 5.92 Å². The summed E-state index contributed by atoms with van der Waals surface area (Å²) in [6.07, 6.45) is -1.41. The van der Waals surface area contributed by atoms with Crippen LogP contribution in [0.15, 0.2) is 42.7 Å². The van der Waals surface area contributed by atoms with Crippen molar-refractivity contribution in [3.8, 4) is 6.07 Å². The number of likely N-dealkylation sites (tertiary alicyclic amines) is 1. The number of para-hydroxylation sites is 1. The van der Waals surface area contributed by atoms with Gasteiger partial charge in [-0.25, -0.2) is 0 Å². The lowest BCUT2D eigenvalue weighted by atomic mass is 9.80. The molecule has 0 radical (unpaired) electrons. The topological polar surface area (TPSA) is 144 Å². The largest absolute Gasteiger partial charge is 0.419 e. The third kappa shape index (κ3) is 4.89. The average molecular weight is 541 g/mol. The Morgan fingerprint density at radius 1 is 1.21 bits per heavy atom. The average Bonchev–Trinajstić information content (AvgIpc) is 3.57. The molecule has 2 aliphatic heterocycles. The Kier molecular flexibility index (Phi) is 6.49. The Bertz CT molecular complexity index is 1400. The Balaban J connectivity index is 1.35. The molecule has 1 saturated carbocycles. The van der Waals surface area contributed by atoms with E-state index in [2.05, 4.69) is 21.7 Å². The second-order valence-electron chi connectivity index (χ2n) is 9.98. The molecule has 13 heteroatoms. The molecule has 0 unspecified atom stereocenters. The van der Waals surface area contributed by atoms with Crippen LogP contribution < -0.4 is 16.0 Å². The fourth-order valence-electron chi connectivity index (χ4n) is 5.23. The number of amides is 4. The number of benzene rings is 1. The van der Waals surface area contributed by atoms with E-state index in [1.807, 2.05) is 5.32 Å². The molecular formula is C26H23F3N6O4. The van der Waals surface area contributed by atoms with Crippen molar-refractivity contribution >= 4 is 35.0 Å². The first-order valence-electron chi connectivity index (χ1n) is 12.3. The van der Waals surface area contributed by atoms with Gasteiger partial charge >= 0.3 is 18.0 Å². The maximum atomic E-state index is 13.7. The Hall–Kier alpha value is -4.47. The zero-order valence-electron chi connectivity index (χ0n) is 20.4. The Labute approximate surface area is 220 Å². The van der Waals surface area contributed by atoms with Crippen LogP contribution >= 0.6 is 0 Å². The number of pyridine rings is 1. The summed E-state index contributed by atoms with van der Waals surface area (Å²) in [5.41, 5.74) is -1.74. The summed E-state index contributed by atoms with van der Waals surface area (Å²) in [4.78, 5) is 56.6. The molecule has 3 heterocycles. The van der Waals surface area contributed by atoms with Gasteiger partial charge in [0.25, 0.3) is 0 Å². The van der Waals surface area contributed by atoms with E-state index in [4.69, 9.17) is 0 Å². The molecule has 1 spiro atoms. The van der Waals surface area contributed by atoms with Gasteiger partial charge < -0.3 is 20.9 Å². The third-order valence-corrected chi connectivity index (χ3v) is 7.37. The van der Waals surface area contributed by atoms with E-state index < -0.39 is 52.6 Å². The van der Waals surface area contributed by atoms with Gasteiger partial charge in [0.05, 0.1) is 22.7 Å². The van der Waals surface area contributed by atoms with E-state index in [1.165, 1.54) is 4.90 Å². The van der Waals surface area contributed by atoms with Crippen LogP contribution in [0.3, 0.4) is 0 Å². The monoisotopic (exact) mass is 540 g/mol. The first kappa shape index (κ1) is 26.1. The van der Waals surface area contributed by atoms with E-state index in [0.29, 0.717) is 17.4 Å². The van der Waals surface area contributed by atoms with E-state index in [0.717, 1.165) is 25.1 Å². The van der Waals surface area contributed by atoms with Crippen molar-refractivity contribution in [1.82, 2.24) is 15.2 Å². The molecular weight excluding hydrogens is 517 g/mol. The van der Waals surface area contributed by atoms with E-state index in [-0.39, 0.29) is 31.2 Å². The summed E-state index contributed by atoms with van der Waals surface area (Å²) in [6.45, 7) is -0.0951. The number of halogens is 3. The van der Waals surface area contributed by atoms with Crippen LogP contribution in [0, 0.1) is 17.2 Å². The second-order valence-corrected chi connectivity index (χ2v) is 9.98. The van der Waals surface area contributed by atoms with E-state index >= 15 is 0 Å². The Morgan fingerprint density at radius 2 is 1.95 bits per heavy atom. The number of fused-ring (bicyclic) bond motifs is 2. The molecule has 1 aromatic carbocycles. The lowest BCUT2D eigenvalue weighted by Gasteiger charge is -2.27. The van der Waals surface area contributed by atoms with Crippen LogP contribution in [0.4, 0.5) is 24.5 Å². The predicted molar refractivity (Wildman–Crippen MR) is 130 cm³/mol. The molecule has 1 aliphatic carbocycles.